The number of carbonyl (C=O) groups is 1. The zero-order valence-electron chi connectivity index (χ0n) is 15.7. The molecule has 29 heavy (non-hydrogen) atoms. The van der Waals surface area contributed by atoms with Crippen molar-refractivity contribution in [3.63, 3.8) is 0 Å². The number of unbranched alkanes of at least 4 members (excludes halogenated alkanes) is 1. The van der Waals surface area contributed by atoms with Crippen LogP contribution >= 0.6 is 11.5 Å². The van der Waals surface area contributed by atoms with Crippen LogP contribution in [0.2, 0.25) is 0 Å². The summed E-state index contributed by atoms with van der Waals surface area (Å²) in [6.07, 6.45) is 2.06. The van der Waals surface area contributed by atoms with Crippen molar-refractivity contribution in [2.75, 3.05) is 6.61 Å². The molecule has 152 valence electrons. The predicted molar refractivity (Wildman–Crippen MR) is 105 cm³/mol. The van der Waals surface area contributed by atoms with E-state index in [9.17, 15) is 13.6 Å². The number of halogens is 2. The van der Waals surface area contributed by atoms with Gasteiger partial charge < -0.3 is 15.2 Å². The van der Waals surface area contributed by atoms with Gasteiger partial charge in [0.1, 0.15) is 23.7 Å². The number of hydrogen-bond donors (Lipinski definition) is 1. The highest BCUT2D eigenvalue weighted by molar-refractivity contribution is 7.05. The Kier molecular flexibility index (Phi) is 6.71. The first kappa shape index (κ1) is 20.7. The molecule has 0 radical (unpaired) electrons. The minimum absolute atomic E-state index is 0.0867. The molecule has 0 saturated heterocycles. The SMILES string of the molecule is CCCCOc1ccc(-c2nsc(COc3ccc(F)c(C(N)=O)c3F)n2)cc1. The number of hydrogen-bond acceptors (Lipinski definition) is 6. The van der Waals surface area contributed by atoms with E-state index in [2.05, 4.69) is 16.3 Å². The molecule has 3 aromatic rings. The highest BCUT2D eigenvalue weighted by atomic mass is 32.1. The van der Waals surface area contributed by atoms with Crippen LogP contribution in [0.1, 0.15) is 35.1 Å². The molecule has 2 N–H and O–H groups in total. The third kappa shape index (κ3) is 5.05. The van der Waals surface area contributed by atoms with Crippen LogP contribution in [0.4, 0.5) is 8.78 Å². The maximum absolute atomic E-state index is 14.2. The van der Waals surface area contributed by atoms with Gasteiger partial charge in [0.15, 0.2) is 22.4 Å². The van der Waals surface area contributed by atoms with Crippen molar-refractivity contribution in [3.8, 4) is 22.9 Å². The zero-order valence-corrected chi connectivity index (χ0v) is 16.5. The molecule has 1 aromatic heterocycles. The number of primary amides is 1. The first-order chi connectivity index (χ1) is 14.0. The van der Waals surface area contributed by atoms with Crippen LogP contribution in [-0.4, -0.2) is 21.9 Å². The van der Waals surface area contributed by atoms with E-state index in [-0.39, 0.29) is 12.4 Å². The Morgan fingerprint density at radius 1 is 1.14 bits per heavy atom. The maximum atomic E-state index is 14.2. The number of aromatic nitrogens is 2. The summed E-state index contributed by atoms with van der Waals surface area (Å²) in [6.45, 7) is 2.68. The van der Waals surface area contributed by atoms with Gasteiger partial charge in [-0.3, -0.25) is 4.79 Å². The summed E-state index contributed by atoms with van der Waals surface area (Å²) in [5.41, 5.74) is 4.97. The van der Waals surface area contributed by atoms with Gasteiger partial charge in [0.2, 0.25) is 0 Å². The smallest absolute Gasteiger partial charge is 0.254 e. The Morgan fingerprint density at radius 2 is 1.90 bits per heavy atom. The summed E-state index contributed by atoms with van der Waals surface area (Å²) >= 11 is 1.10. The topological polar surface area (TPSA) is 87.3 Å². The number of rotatable bonds is 9. The highest BCUT2D eigenvalue weighted by Gasteiger charge is 2.19. The predicted octanol–water partition coefficient (Wildman–Crippen LogP) is 4.34. The van der Waals surface area contributed by atoms with E-state index in [1.165, 1.54) is 0 Å². The standard InChI is InChI=1S/C20H19F2N3O3S/c1-2-3-10-27-13-6-4-12(5-7-13)20-24-16(29-25-20)11-28-15-9-8-14(21)17(18(15)22)19(23)26/h4-9H,2-3,10-11H2,1H3,(H2,23,26). The molecule has 2 aromatic carbocycles. The number of ether oxygens (including phenoxy) is 2. The zero-order chi connectivity index (χ0) is 20.8. The third-order valence-corrected chi connectivity index (χ3v) is 4.68. The van der Waals surface area contributed by atoms with Crippen LogP contribution in [0.3, 0.4) is 0 Å². The number of amides is 1. The van der Waals surface area contributed by atoms with E-state index in [1.807, 2.05) is 24.3 Å². The first-order valence-corrected chi connectivity index (χ1v) is 9.73. The molecule has 0 spiro atoms. The quantitative estimate of drug-likeness (QED) is 0.522. The molecule has 0 bridgehead atoms. The van der Waals surface area contributed by atoms with E-state index >= 15 is 0 Å². The molecule has 9 heteroatoms. The van der Waals surface area contributed by atoms with Gasteiger partial charge in [-0.05, 0) is 54.4 Å². The molecule has 1 amide bonds. The van der Waals surface area contributed by atoms with Crippen LogP contribution in [0.25, 0.3) is 11.4 Å². The van der Waals surface area contributed by atoms with Crippen molar-refractivity contribution in [3.05, 3.63) is 58.6 Å². The molecule has 0 aliphatic rings. The van der Waals surface area contributed by atoms with Crippen LogP contribution in [0.5, 0.6) is 11.5 Å². The van der Waals surface area contributed by atoms with Gasteiger partial charge >= 0.3 is 0 Å². The maximum Gasteiger partial charge on any atom is 0.254 e. The average Bonchev–Trinajstić information content (AvgIpc) is 3.17. The summed E-state index contributed by atoms with van der Waals surface area (Å²) in [6, 6.07) is 9.42. The fraction of sp³-hybridized carbons (Fsp3) is 0.250. The normalized spacial score (nSPS) is 10.7. The number of benzene rings is 2. The van der Waals surface area contributed by atoms with Crippen LogP contribution in [0, 0.1) is 11.6 Å². The van der Waals surface area contributed by atoms with E-state index in [0.717, 1.165) is 47.8 Å². The van der Waals surface area contributed by atoms with Crippen molar-refractivity contribution in [2.24, 2.45) is 5.73 Å². The Bertz CT molecular complexity index is 993. The fourth-order valence-corrected chi connectivity index (χ4v) is 3.05. The number of nitrogens with zero attached hydrogens (tertiary/aromatic N) is 2. The summed E-state index contributed by atoms with van der Waals surface area (Å²) < 4.78 is 42.9. The molecule has 0 saturated carbocycles. The van der Waals surface area contributed by atoms with Crippen LogP contribution < -0.4 is 15.2 Å². The molecule has 0 unspecified atom stereocenters. The number of carbonyl (C=O) groups excluding carboxylic acids is 1. The molecule has 1 heterocycles. The Morgan fingerprint density at radius 3 is 2.59 bits per heavy atom. The van der Waals surface area contributed by atoms with E-state index in [4.69, 9.17) is 15.2 Å². The van der Waals surface area contributed by atoms with Crippen molar-refractivity contribution >= 4 is 17.4 Å². The summed E-state index contributed by atoms with van der Waals surface area (Å²) in [7, 11) is 0. The van der Waals surface area contributed by atoms with Crippen molar-refractivity contribution in [1.29, 1.82) is 0 Å². The second-order valence-corrected chi connectivity index (χ2v) is 6.96. The van der Waals surface area contributed by atoms with Crippen molar-refractivity contribution in [2.45, 2.75) is 26.4 Å². The van der Waals surface area contributed by atoms with Crippen molar-refractivity contribution in [1.82, 2.24) is 9.36 Å². The highest BCUT2D eigenvalue weighted by Crippen LogP contribution is 2.25. The van der Waals surface area contributed by atoms with Gasteiger partial charge in [0.05, 0.1) is 6.61 Å². The molecule has 0 atom stereocenters. The monoisotopic (exact) mass is 419 g/mol. The number of nitrogens with two attached hydrogens (primary N) is 1. The lowest BCUT2D eigenvalue weighted by Crippen LogP contribution is -2.16. The lowest BCUT2D eigenvalue weighted by atomic mass is 10.1. The molecule has 0 aliphatic carbocycles. The van der Waals surface area contributed by atoms with Gasteiger partial charge in [0.25, 0.3) is 5.91 Å². The molecule has 0 fully saturated rings. The summed E-state index contributed by atoms with van der Waals surface area (Å²) in [5.74, 6) is -2.39. The van der Waals surface area contributed by atoms with E-state index < -0.39 is 23.1 Å². The average molecular weight is 419 g/mol. The molecule has 0 aliphatic heterocycles. The molecular formula is C20H19F2N3O3S. The second kappa shape index (κ2) is 9.42. The van der Waals surface area contributed by atoms with Gasteiger partial charge in [-0.15, -0.1) is 0 Å². The second-order valence-electron chi connectivity index (χ2n) is 6.13. The van der Waals surface area contributed by atoms with Crippen LogP contribution in [0.15, 0.2) is 36.4 Å². The fourth-order valence-electron chi connectivity index (χ4n) is 2.48. The van der Waals surface area contributed by atoms with Gasteiger partial charge in [-0.2, -0.15) is 4.37 Å². The summed E-state index contributed by atoms with van der Waals surface area (Å²) in [5, 5.41) is 0.493. The lowest BCUT2D eigenvalue weighted by Gasteiger charge is -2.08. The molecular weight excluding hydrogens is 400 g/mol. The molecule has 6 nitrogen and oxygen atoms in total. The van der Waals surface area contributed by atoms with Gasteiger partial charge in [0, 0.05) is 5.56 Å². The molecule has 3 rings (SSSR count). The third-order valence-electron chi connectivity index (χ3n) is 4.00. The van der Waals surface area contributed by atoms with Gasteiger partial charge in [-0.1, -0.05) is 13.3 Å². The van der Waals surface area contributed by atoms with Gasteiger partial charge in [-0.25, -0.2) is 13.8 Å². The van der Waals surface area contributed by atoms with Crippen molar-refractivity contribution < 1.29 is 23.0 Å². The minimum Gasteiger partial charge on any atom is -0.494 e. The Labute approximate surface area is 170 Å². The first-order valence-electron chi connectivity index (χ1n) is 8.96. The lowest BCUT2D eigenvalue weighted by molar-refractivity contribution is 0.0991. The van der Waals surface area contributed by atoms with E-state index in [0.29, 0.717) is 17.4 Å². The summed E-state index contributed by atoms with van der Waals surface area (Å²) in [4.78, 5) is 15.5. The van der Waals surface area contributed by atoms with Crippen LogP contribution in [-0.2, 0) is 6.61 Å². The minimum atomic E-state index is -1.20. The van der Waals surface area contributed by atoms with E-state index in [1.54, 1.807) is 0 Å². The largest absolute Gasteiger partial charge is 0.494 e. The Hall–Kier alpha value is -3.07. The Balaban J connectivity index is 1.65.